The molecule has 1 rings (SSSR count). The molecule has 0 bridgehead atoms. The van der Waals surface area contributed by atoms with Crippen LogP contribution in [0.1, 0.15) is 50.4 Å². The van der Waals surface area contributed by atoms with E-state index in [9.17, 15) is 0 Å². The van der Waals surface area contributed by atoms with Crippen LogP contribution in [0.3, 0.4) is 0 Å². The highest BCUT2D eigenvalue weighted by Gasteiger charge is 2.19. The highest BCUT2D eigenvalue weighted by molar-refractivity contribution is 9.09. The molecular weight excluding hydrogens is 260 g/mol. The zero-order valence-corrected chi connectivity index (χ0v) is 11.4. The van der Waals surface area contributed by atoms with Crippen LogP contribution >= 0.6 is 27.5 Å². The van der Waals surface area contributed by atoms with Gasteiger partial charge < -0.3 is 0 Å². The van der Waals surface area contributed by atoms with Crippen molar-refractivity contribution in [2.75, 3.05) is 0 Å². The smallest absolute Gasteiger partial charge is 0.142 e. The first kappa shape index (κ1) is 12.1. The van der Waals surface area contributed by atoms with Crippen molar-refractivity contribution in [3.63, 3.8) is 0 Å². The number of nitrogens with zero attached hydrogens (tertiary/aromatic N) is 2. The molecule has 0 N–H and O–H groups in total. The molecular formula is C10H17BrN2S. The Morgan fingerprint density at radius 2 is 2.14 bits per heavy atom. The minimum absolute atomic E-state index is 0.481. The molecule has 0 saturated carbocycles. The van der Waals surface area contributed by atoms with Gasteiger partial charge in [-0.2, -0.15) is 4.37 Å². The third-order valence-electron chi connectivity index (χ3n) is 2.27. The Kier molecular flexibility index (Phi) is 5.02. The van der Waals surface area contributed by atoms with Gasteiger partial charge in [0.1, 0.15) is 10.8 Å². The quantitative estimate of drug-likeness (QED) is 0.766. The fraction of sp³-hybridized carbons (Fsp3) is 0.800. The first-order chi connectivity index (χ1) is 6.69. The summed E-state index contributed by atoms with van der Waals surface area (Å²) in [5, 5.41) is 1.18. The molecule has 2 atom stereocenters. The summed E-state index contributed by atoms with van der Waals surface area (Å²) in [6.07, 6.45) is 3.24. The summed E-state index contributed by atoms with van der Waals surface area (Å²) < 4.78 is 4.37. The Morgan fingerprint density at radius 3 is 2.64 bits per heavy atom. The minimum Gasteiger partial charge on any atom is -0.224 e. The van der Waals surface area contributed by atoms with Gasteiger partial charge in [-0.25, -0.2) is 4.98 Å². The monoisotopic (exact) mass is 276 g/mol. The number of hydrogen-bond acceptors (Lipinski definition) is 3. The van der Waals surface area contributed by atoms with Crippen LogP contribution < -0.4 is 0 Å². The van der Waals surface area contributed by atoms with Gasteiger partial charge in [0.25, 0.3) is 0 Å². The summed E-state index contributed by atoms with van der Waals surface area (Å²) in [6, 6.07) is 0. The van der Waals surface area contributed by atoms with Crippen LogP contribution in [-0.4, -0.2) is 14.2 Å². The molecule has 0 spiro atoms. The number of aryl methyl sites for hydroxylation is 1. The molecule has 2 unspecified atom stereocenters. The molecule has 14 heavy (non-hydrogen) atoms. The molecule has 0 aromatic carbocycles. The number of aromatic nitrogens is 2. The lowest BCUT2D eigenvalue weighted by atomic mass is 10.1. The molecule has 1 heterocycles. The van der Waals surface area contributed by atoms with Crippen molar-refractivity contribution in [1.29, 1.82) is 0 Å². The van der Waals surface area contributed by atoms with Gasteiger partial charge in [0, 0.05) is 17.2 Å². The van der Waals surface area contributed by atoms with E-state index in [1.54, 1.807) is 11.5 Å². The summed E-state index contributed by atoms with van der Waals surface area (Å²) in [4.78, 5) is 5.05. The van der Waals surface area contributed by atoms with Crippen LogP contribution in [-0.2, 0) is 6.42 Å². The molecule has 4 heteroatoms. The first-order valence-corrected chi connectivity index (χ1v) is 6.84. The second-order valence-corrected chi connectivity index (χ2v) is 5.72. The molecule has 2 nitrogen and oxygen atoms in total. The topological polar surface area (TPSA) is 25.8 Å². The lowest BCUT2D eigenvalue weighted by Crippen LogP contribution is -2.07. The minimum atomic E-state index is 0.481. The molecule has 0 aliphatic rings. The molecule has 1 aromatic heterocycles. The van der Waals surface area contributed by atoms with Crippen LogP contribution in [0.2, 0.25) is 0 Å². The van der Waals surface area contributed by atoms with Gasteiger partial charge in [0.2, 0.25) is 0 Å². The number of hydrogen-bond donors (Lipinski definition) is 0. The highest BCUT2D eigenvalue weighted by Crippen LogP contribution is 2.29. The molecule has 0 radical (unpaired) electrons. The van der Waals surface area contributed by atoms with Crippen molar-refractivity contribution < 1.29 is 0 Å². The number of halogens is 1. The van der Waals surface area contributed by atoms with Gasteiger partial charge in [0.15, 0.2) is 0 Å². The maximum Gasteiger partial charge on any atom is 0.142 e. The van der Waals surface area contributed by atoms with E-state index in [2.05, 4.69) is 46.1 Å². The molecule has 0 fully saturated rings. The van der Waals surface area contributed by atoms with Crippen LogP contribution in [0.5, 0.6) is 0 Å². The fourth-order valence-electron chi connectivity index (χ4n) is 1.44. The van der Waals surface area contributed by atoms with E-state index in [1.165, 1.54) is 5.01 Å². The Morgan fingerprint density at radius 1 is 1.43 bits per heavy atom. The first-order valence-electron chi connectivity index (χ1n) is 5.15. The number of alkyl halides is 1. The fourth-order valence-corrected chi connectivity index (χ4v) is 3.22. The van der Waals surface area contributed by atoms with E-state index < -0.39 is 0 Å². The zero-order chi connectivity index (χ0) is 10.6. The summed E-state index contributed by atoms with van der Waals surface area (Å²) in [7, 11) is 0. The second-order valence-electron chi connectivity index (χ2n) is 3.49. The van der Waals surface area contributed by atoms with Gasteiger partial charge in [-0.15, -0.1) is 0 Å². The van der Waals surface area contributed by atoms with Gasteiger partial charge in [-0.05, 0) is 24.4 Å². The summed E-state index contributed by atoms with van der Waals surface area (Å²) in [6.45, 7) is 6.53. The standard InChI is InChI=1S/C10H17BrN2S/c1-4-6-9-12-10(14-13-9)8(5-2)7(3)11/h7-8H,4-6H2,1-3H3. The predicted octanol–water partition coefficient (Wildman–Crippen LogP) is 3.77. The molecule has 0 saturated heterocycles. The van der Waals surface area contributed by atoms with E-state index in [1.807, 2.05) is 0 Å². The molecule has 0 aliphatic heterocycles. The third-order valence-corrected chi connectivity index (χ3v) is 3.79. The highest BCUT2D eigenvalue weighted by atomic mass is 79.9. The normalized spacial score (nSPS) is 15.4. The van der Waals surface area contributed by atoms with Crippen molar-refractivity contribution in [2.24, 2.45) is 0 Å². The maximum absolute atomic E-state index is 4.57. The average Bonchev–Trinajstić information content (AvgIpc) is 2.54. The second kappa shape index (κ2) is 5.81. The Hall–Kier alpha value is 0.0400. The van der Waals surface area contributed by atoms with E-state index in [0.29, 0.717) is 10.7 Å². The third kappa shape index (κ3) is 3.02. The van der Waals surface area contributed by atoms with Gasteiger partial charge >= 0.3 is 0 Å². The van der Waals surface area contributed by atoms with E-state index >= 15 is 0 Å². The molecule has 1 aromatic rings. The lowest BCUT2D eigenvalue weighted by molar-refractivity contribution is 0.654. The number of rotatable bonds is 5. The van der Waals surface area contributed by atoms with Crippen molar-refractivity contribution in [1.82, 2.24) is 9.36 Å². The van der Waals surface area contributed by atoms with Crippen molar-refractivity contribution in [3.05, 3.63) is 10.8 Å². The van der Waals surface area contributed by atoms with E-state index in [4.69, 9.17) is 0 Å². The Balaban J connectivity index is 2.73. The predicted molar refractivity (Wildman–Crippen MR) is 65.3 cm³/mol. The van der Waals surface area contributed by atoms with Crippen LogP contribution in [0.25, 0.3) is 0 Å². The SMILES string of the molecule is CCCc1nsc(C(CC)C(C)Br)n1. The zero-order valence-electron chi connectivity index (χ0n) is 8.96. The lowest BCUT2D eigenvalue weighted by Gasteiger charge is -2.13. The molecule has 0 aliphatic carbocycles. The summed E-state index contributed by atoms with van der Waals surface area (Å²) in [5.41, 5.74) is 0. The van der Waals surface area contributed by atoms with Crippen molar-refractivity contribution >= 4 is 27.5 Å². The molecule has 0 amide bonds. The van der Waals surface area contributed by atoms with Crippen LogP contribution in [0, 0.1) is 0 Å². The maximum atomic E-state index is 4.57. The summed E-state index contributed by atoms with van der Waals surface area (Å²) in [5.74, 6) is 1.53. The van der Waals surface area contributed by atoms with Gasteiger partial charge in [-0.3, -0.25) is 0 Å². The largest absolute Gasteiger partial charge is 0.224 e. The summed E-state index contributed by atoms with van der Waals surface area (Å²) >= 11 is 5.18. The van der Waals surface area contributed by atoms with E-state index in [-0.39, 0.29) is 0 Å². The Labute approximate surface area is 98.4 Å². The van der Waals surface area contributed by atoms with Crippen molar-refractivity contribution in [3.8, 4) is 0 Å². The van der Waals surface area contributed by atoms with E-state index in [0.717, 1.165) is 25.1 Å². The van der Waals surface area contributed by atoms with Crippen LogP contribution in [0.15, 0.2) is 0 Å². The van der Waals surface area contributed by atoms with Crippen LogP contribution in [0.4, 0.5) is 0 Å². The Bertz CT molecular complexity index is 273. The average molecular weight is 277 g/mol. The molecule has 80 valence electrons. The van der Waals surface area contributed by atoms with Gasteiger partial charge in [-0.1, -0.05) is 36.7 Å². The van der Waals surface area contributed by atoms with Gasteiger partial charge in [0.05, 0.1) is 0 Å². The van der Waals surface area contributed by atoms with Crippen molar-refractivity contribution in [2.45, 2.75) is 50.8 Å².